The Hall–Kier alpha value is -1.57. The van der Waals surface area contributed by atoms with Crippen LogP contribution in [0.4, 0.5) is 0 Å². The van der Waals surface area contributed by atoms with Crippen LogP contribution in [-0.4, -0.2) is 28.0 Å². The zero-order valence-electron chi connectivity index (χ0n) is 16.0. The first-order valence-corrected chi connectivity index (χ1v) is 10.5. The Morgan fingerprint density at radius 2 is 1.80 bits per heavy atom. The third-order valence-electron chi connectivity index (χ3n) is 3.85. The molecule has 1 aromatic carbocycles. The van der Waals surface area contributed by atoms with Gasteiger partial charge in [-0.2, -0.15) is 0 Å². The summed E-state index contributed by atoms with van der Waals surface area (Å²) in [6.45, 7) is 8.51. The summed E-state index contributed by atoms with van der Waals surface area (Å²) in [5.74, 6) is -0.268. The van der Waals surface area contributed by atoms with Crippen LogP contribution in [0.15, 0.2) is 65.3 Å². The van der Waals surface area contributed by atoms with Crippen LogP contribution >= 0.6 is 0 Å². The van der Waals surface area contributed by atoms with Gasteiger partial charge in [-0.25, -0.2) is 0 Å². The number of methoxy groups -OCH3 is 1. The van der Waals surface area contributed by atoms with Crippen LogP contribution in [0.5, 0.6) is 0 Å². The Morgan fingerprint density at radius 3 is 2.40 bits per heavy atom. The number of ether oxygens (including phenoxy) is 1. The number of esters is 1. The Balaban J connectivity index is 2.81. The van der Waals surface area contributed by atoms with Crippen molar-refractivity contribution in [3.8, 4) is 0 Å². The standard InChI is InChI=1S/C22H30O2Se/c1-17(2)10-9-11-18(3)14-15-21(19(4)16-22(23)24-5)25-20-12-7-6-8-13-20/h6-8,10,12-14,16,21H,9,11,15H2,1-5H3/b18-14-,19-16+. The molecule has 0 spiro atoms. The van der Waals surface area contributed by atoms with Crippen molar-refractivity contribution in [2.75, 3.05) is 7.11 Å². The molecule has 1 atom stereocenters. The van der Waals surface area contributed by atoms with Crippen LogP contribution in [0.25, 0.3) is 0 Å². The second kappa shape index (κ2) is 11.9. The fourth-order valence-corrected chi connectivity index (χ4v) is 4.61. The summed E-state index contributed by atoms with van der Waals surface area (Å²) in [6.07, 6.45) is 9.41. The van der Waals surface area contributed by atoms with E-state index >= 15 is 0 Å². The molecule has 1 unspecified atom stereocenters. The van der Waals surface area contributed by atoms with Crippen LogP contribution in [0, 0.1) is 0 Å². The molecule has 0 radical (unpaired) electrons. The van der Waals surface area contributed by atoms with Gasteiger partial charge in [-0.05, 0) is 0 Å². The van der Waals surface area contributed by atoms with E-state index in [1.165, 1.54) is 22.7 Å². The van der Waals surface area contributed by atoms with E-state index in [2.05, 4.69) is 57.2 Å². The summed E-state index contributed by atoms with van der Waals surface area (Å²) in [5.41, 5.74) is 3.89. The van der Waals surface area contributed by atoms with Gasteiger partial charge in [-0.3, -0.25) is 0 Å². The van der Waals surface area contributed by atoms with Crippen molar-refractivity contribution < 1.29 is 9.53 Å². The molecule has 3 heteroatoms. The van der Waals surface area contributed by atoms with Crippen molar-refractivity contribution in [2.45, 2.75) is 51.8 Å². The molecule has 0 N–H and O–H groups in total. The average molecular weight is 405 g/mol. The maximum atomic E-state index is 11.6. The second-order valence-electron chi connectivity index (χ2n) is 6.44. The summed E-state index contributed by atoms with van der Waals surface area (Å²) in [7, 11) is 1.43. The Morgan fingerprint density at radius 1 is 1.12 bits per heavy atom. The van der Waals surface area contributed by atoms with E-state index in [0.29, 0.717) is 4.82 Å². The third-order valence-corrected chi connectivity index (χ3v) is 6.77. The van der Waals surface area contributed by atoms with Crippen molar-refractivity contribution in [2.24, 2.45) is 0 Å². The molecule has 136 valence electrons. The first kappa shape index (κ1) is 21.5. The van der Waals surface area contributed by atoms with Gasteiger partial charge in [-0.1, -0.05) is 0 Å². The zero-order valence-corrected chi connectivity index (χ0v) is 17.8. The van der Waals surface area contributed by atoms with Crippen molar-refractivity contribution in [1.29, 1.82) is 0 Å². The van der Waals surface area contributed by atoms with Gasteiger partial charge in [0.15, 0.2) is 0 Å². The molecule has 25 heavy (non-hydrogen) atoms. The normalized spacial score (nSPS) is 13.3. The molecule has 0 fully saturated rings. The summed E-state index contributed by atoms with van der Waals surface area (Å²) >= 11 is 0.284. The molecule has 0 aliphatic carbocycles. The molecule has 0 aliphatic rings. The fraction of sp³-hybridized carbons (Fsp3) is 0.409. The molecule has 1 rings (SSSR count). The van der Waals surface area contributed by atoms with Crippen molar-refractivity contribution in [1.82, 2.24) is 0 Å². The Labute approximate surface area is 159 Å². The number of benzene rings is 1. The summed E-state index contributed by atoms with van der Waals surface area (Å²) < 4.78 is 6.15. The quantitative estimate of drug-likeness (QED) is 0.250. The molecule has 0 heterocycles. The number of hydrogen-bond acceptors (Lipinski definition) is 2. The minimum absolute atomic E-state index is 0.268. The number of carbonyl (C=O) groups excluding carboxylic acids is 1. The van der Waals surface area contributed by atoms with Crippen molar-refractivity contribution >= 4 is 25.4 Å². The van der Waals surface area contributed by atoms with Crippen molar-refractivity contribution in [3.05, 3.63) is 65.3 Å². The number of rotatable bonds is 9. The van der Waals surface area contributed by atoms with Crippen LogP contribution < -0.4 is 4.46 Å². The Kier molecular flexibility index (Phi) is 10.2. The first-order valence-electron chi connectivity index (χ1n) is 8.69. The molecule has 0 bridgehead atoms. The Bertz CT molecular complexity index is 623. The van der Waals surface area contributed by atoms with E-state index in [1.807, 2.05) is 13.0 Å². The van der Waals surface area contributed by atoms with Gasteiger partial charge in [0.25, 0.3) is 0 Å². The van der Waals surface area contributed by atoms with E-state index in [4.69, 9.17) is 4.74 Å². The molecule has 0 aromatic heterocycles. The number of hydrogen-bond donors (Lipinski definition) is 0. The van der Waals surface area contributed by atoms with Crippen molar-refractivity contribution in [3.63, 3.8) is 0 Å². The van der Waals surface area contributed by atoms with Gasteiger partial charge in [0.1, 0.15) is 0 Å². The van der Waals surface area contributed by atoms with Gasteiger partial charge in [0.05, 0.1) is 0 Å². The van der Waals surface area contributed by atoms with Crippen LogP contribution in [0.2, 0.25) is 4.82 Å². The van der Waals surface area contributed by atoms with E-state index in [-0.39, 0.29) is 20.9 Å². The monoisotopic (exact) mass is 406 g/mol. The third kappa shape index (κ3) is 9.48. The number of carbonyl (C=O) groups is 1. The predicted octanol–water partition coefficient (Wildman–Crippen LogP) is 5.01. The van der Waals surface area contributed by atoms with Gasteiger partial charge in [-0.15, -0.1) is 0 Å². The first-order chi connectivity index (χ1) is 11.9. The van der Waals surface area contributed by atoms with Crippen LogP contribution in [-0.2, 0) is 9.53 Å². The molecular formula is C22H30O2Se. The van der Waals surface area contributed by atoms with E-state index in [9.17, 15) is 4.79 Å². The van der Waals surface area contributed by atoms with Gasteiger partial charge < -0.3 is 0 Å². The van der Waals surface area contributed by atoms with E-state index in [1.54, 1.807) is 6.08 Å². The predicted molar refractivity (Wildman–Crippen MR) is 108 cm³/mol. The van der Waals surface area contributed by atoms with Gasteiger partial charge in [0.2, 0.25) is 0 Å². The molecule has 0 saturated heterocycles. The molecule has 0 aliphatic heterocycles. The SMILES string of the molecule is COC(=O)/C=C(\C)C(C/C=C(/C)CCC=C(C)C)[Se]c1ccccc1. The van der Waals surface area contributed by atoms with Crippen LogP contribution in [0.1, 0.15) is 47.0 Å². The topological polar surface area (TPSA) is 26.3 Å². The maximum absolute atomic E-state index is 11.6. The molecular weight excluding hydrogens is 375 g/mol. The molecule has 0 amide bonds. The minimum atomic E-state index is -0.268. The molecule has 2 nitrogen and oxygen atoms in total. The van der Waals surface area contributed by atoms with Gasteiger partial charge >= 0.3 is 159 Å². The summed E-state index contributed by atoms with van der Waals surface area (Å²) in [5, 5.41) is 0. The van der Waals surface area contributed by atoms with Gasteiger partial charge in [0, 0.05) is 0 Å². The van der Waals surface area contributed by atoms with Crippen LogP contribution in [0.3, 0.4) is 0 Å². The summed E-state index contributed by atoms with van der Waals surface area (Å²) in [6, 6.07) is 10.5. The average Bonchev–Trinajstić information content (AvgIpc) is 2.58. The zero-order chi connectivity index (χ0) is 18.7. The second-order valence-corrected chi connectivity index (χ2v) is 9.11. The molecule has 1 aromatic rings. The summed E-state index contributed by atoms with van der Waals surface area (Å²) in [4.78, 5) is 12.0. The van der Waals surface area contributed by atoms with E-state index < -0.39 is 0 Å². The van der Waals surface area contributed by atoms with E-state index in [0.717, 1.165) is 24.8 Å². The number of allylic oxidation sites excluding steroid dienone is 5. The fourth-order valence-electron chi connectivity index (χ4n) is 2.33. The molecule has 0 saturated carbocycles.